The zero-order valence-electron chi connectivity index (χ0n) is 7.61. The standard InChI is InChI=1S/C8H12O5/c1-3-13-7(10)4-6(5-9)8(11)12-2/h5-6H,3-4H2,1-2H3. The van der Waals surface area contributed by atoms with E-state index in [1.165, 1.54) is 0 Å². The first-order chi connectivity index (χ1) is 6.15. The van der Waals surface area contributed by atoms with Gasteiger partial charge in [-0.2, -0.15) is 0 Å². The highest BCUT2D eigenvalue weighted by Crippen LogP contribution is 2.03. The maximum atomic E-state index is 10.8. The van der Waals surface area contributed by atoms with E-state index in [1.807, 2.05) is 0 Å². The molecule has 0 saturated carbocycles. The molecule has 0 spiro atoms. The summed E-state index contributed by atoms with van der Waals surface area (Å²) in [5.41, 5.74) is 0. The van der Waals surface area contributed by atoms with Crippen molar-refractivity contribution in [3.63, 3.8) is 0 Å². The zero-order chi connectivity index (χ0) is 10.3. The van der Waals surface area contributed by atoms with Gasteiger partial charge in [0.15, 0.2) is 0 Å². The van der Waals surface area contributed by atoms with Gasteiger partial charge in [-0.3, -0.25) is 9.59 Å². The van der Waals surface area contributed by atoms with Crippen molar-refractivity contribution in [1.29, 1.82) is 0 Å². The number of rotatable bonds is 5. The van der Waals surface area contributed by atoms with Gasteiger partial charge >= 0.3 is 11.9 Å². The molecule has 0 heterocycles. The van der Waals surface area contributed by atoms with Crippen LogP contribution >= 0.6 is 0 Å². The summed E-state index contributed by atoms with van der Waals surface area (Å²) in [4.78, 5) is 32.0. The third-order valence-electron chi connectivity index (χ3n) is 1.36. The Balaban J connectivity index is 4.05. The number of methoxy groups -OCH3 is 1. The summed E-state index contributed by atoms with van der Waals surface area (Å²) >= 11 is 0. The second-order valence-electron chi connectivity index (χ2n) is 2.27. The smallest absolute Gasteiger partial charge is 0.316 e. The Bertz CT molecular complexity index is 199. The molecule has 5 nitrogen and oxygen atoms in total. The third-order valence-corrected chi connectivity index (χ3v) is 1.36. The van der Waals surface area contributed by atoms with Gasteiger partial charge in [0.05, 0.1) is 20.1 Å². The average Bonchev–Trinajstić information content (AvgIpc) is 2.13. The number of carbonyl (C=O) groups excluding carboxylic acids is 3. The van der Waals surface area contributed by atoms with Crippen molar-refractivity contribution in [2.24, 2.45) is 5.92 Å². The topological polar surface area (TPSA) is 69.7 Å². The number of ether oxygens (including phenoxy) is 2. The maximum absolute atomic E-state index is 10.8. The molecule has 1 atom stereocenters. The first kappa shape index (κ1) is 11.6. The number of esters is 2. The molecule has 74 valence electrons. The van der Waals surface area contributed by atoms with Gasteiger partial charge in [-0.1, -0.05) is 0 Å². The monoisotopic (exact) mass is 188 g/mol. The molecule has 5 heteroatoms. The van der Waals surface area contributed by atoms with Gasteiger partial charge in [0, 0.05) is 0 Å². The molecule has 0 bridgehead atoms. The van der Waals surface area contributed by atoms with Crippen LogP contribution in [0.5, 0.6) is 0 Å². The summed E-state index contributed by atoms with van der Waals surface area (Å²) in [6, 6.07) is 0. The predicted octanol–water partition coefficient (Wildman–Crippen LogP) is -0.0723. The van der Waals surface area contributed by atoms with Crippen molar-refractivity contribution in [2.75, 3.05) is 13.7 Å². The van der Waals surface area contributed by atoms with Crippen LogP contribution in [0.2, 0.25) is 0 Å². The highest BCUT2D eigenvalue weighted by Gasteiger charge is 2.22. The fourth-order valence-electron chi connectivity index (χ4n) is 0.738. The second kappa shape index (κ2) is 6.16. The molecule has 0 radical (unpaired) electrons. The minimum Gasteiger partial charge on any atom is -0.468 e. The molecule has 0 aliphatic heterocycles. The molecule has 0 aromatic carbocycles. The molecule has 0 aromatic rings. The minimum atomic E-state index is -1.05. The van der Waals surface area contributed by atoms with Crippen molar-refractivity contribution >= 4 is 18.2 Å². The van der Waals surface area contributed by atoms with Crippen molar-refractivity contribution < 1.29 is 23.9 Å². The molecule has 0 fully saturated rings. The van der Waals surface area contributed by atoms with Gasteiger partial charge in [-0.25, -0.2) is 0 Å². The van der Waals surface area contributed by atoms with Crippen molar-refractivity contribution in [3.05, 3.63) is 0 Å². The van der Waals surface area contributed by atoms with E-state index in [0.717, 1.165) is 7.11 Å². The van der Waals surface area contributed by atoms with Crippen LogP contribution in [0, 0.1) is 5.92 Å². The third kappa shape index (κ3) is 4.25. The highest BCUT2D eigenvalue weighted by molar-refractivity contribution is 5.91. The van der Waals surface area contributed by atoms with E-state index in [1.54, 1.807) is 6.92 Å². The molecular formula is C8H12O5. The summed E-state index contributed by atoms with van der Waals surface area (Å²) in [6.45, 7) is 1.87. The Morgan fingerprint density at radius 1 is 1.46 bits per heavy atom. The molecular weight excluding hydrogens is 176 g/mol. The van der Waals surface area contributed by atoms with E-state index in [2.05, 4.69) is 9.47 Å². The number of aldehydes is 1. The van der Waals surface area contributed by atoms with Crippen LogP contribution in [0.3, 0.4) is 0 Å². The van der Waals surface area contributed by atoms with Gasteiger partial charge in [0.25, 0.3) is 0 Å². The van der Waals surface area contributed by atoms with Crippen LogP contribution in [0.25, 0.3) is 0 Å². The normalized spacial score (nSPS) is 11.5. The van der Waals surface area contributed by atoms with Crippen LogP contribution in [0.15, 0.2) is 0 Å². The molecule has 13 heavy (non-hydrogen) atoms. The van der Waals surface area contributed by atoms with E-state index in [0.29, 0.717) is 6.29 Å². The molecule has 0 N–H and O–H groups in total. The Kier molecular flexibility index (Phi) is 5.50. The number of hydrogen-bond acceptors (Lipinski definition) is 5. The van der Waals surface area contributed by atoms with E-state index >= 15 is 0 Å². The fraction of sp³-hybridized carbons (Fsp3) is 0.625. The fourth-order valence-corrected chi connectivity index (χ4v) is 0.738. The van der Waals surface area contributed by atoms with E-state index in [9.17, 15) is 14.4 Å². The Labute approximate surface area is 76.0 Å². The van der Waals surface area contributed by atoms with E-state index < -0.39 is 17.9 Å². The maximum Gasteiger partial charge on any atom is 0.316 e. The lowest BCUT2D eigenvalue weighted by molar-refractivity contribution is -0.154. The van der Waals surface area contributed by atoms with Crippen LogP contribution in [-0.4, -0.2) is 31.9 Å². The van der Waals surface area contributed by atoms with Crippen molar-refractivity contribution in [1.82, 2.24) is 0 Å². The first-order valence-electron chi connectivity index (χ1n) is 3.84. The first-order valence-corrected chi connectivity index (χ1v) is 3.84. The summed E-state index contributed by atoms with van der Waals surface area (Å²) in [7, 11) is 1.16. The van der Waals surface area contributed by atoms with E-state index in [4.69, 9.17) is 0 Å². The van der Waals surface area contributed by atoms with Gasteiger partial charge < -0.3 is 14.3 Å². The molecule has 0 aromatic heterocycles. The quantitative estimate of drug-likeness (QED) is 0.343. The summed E-state index contributed by atoms with van der Waals surface area (Å²) in [6.07, 6.45) is 0.118. The zero-order valence-corrected chi connectivity index (χ0v) is 7.61. The van der Waals surface area contributed by atoms with Crippen molar-refractivity contribution in [2.45, 2.75) is 13.3 Å². The van der Waals surface area contributed by atoms with Crippen LogP contribution in [0.4, 0.5) is 0 Å². The van der Waals surface area contributed by atoms with Crippen molar-refractivity contribution in [3.8, 4) is 0 Å². The lowest BCUT2D eigenvalue weighted by atomic mass is 10.1. The molecule has 0 rings (SSSR count). The van der Waals surface area contributed by atoms with Gasteiger partial charge in [0.1, 0.15) is 12.2 Å². The van der Waals surface area contributed by atoms with Gasteiger partial charge in [0.2, 0.25) is 0 Å². The van der Waals surface area contributed by atoms with E-state index in [-0.39, 0.29) is 13.0 Å². The van der Waals surface area contributed by atoms with Gasteiger partial charge in [-0.15, -0.1) is 0 Å². The largest absolute Gasteiger partial charge is 0.468 e. The summed E-state index contributed by atoms with van der Waals surface area (Å²) in [5.74, 6) is -2.35. The lowest BCUT2D eigenvalue weighted by Crippen LogP contribution is -2.22. The molecule has 0 amide bonds. The Morgan fingerprint density at radius 2 is 2.08 bits per heavy atom. The molecule has 0 aliphatic carbocycles. The second-order valence-corrected chi connectivity index (χ2v) is 2.27. The molecule has 0 aliphatic rings. The summed E-state index contributed by atoms with van der Waals surface area (Å²) in [5, 5.41) is 0. The molecule has 1 unspecified atom stereocenters. The Hall–Kier alpha value is -1.39. The minimum absolute atomic E-state index is 0.228. The predicted molar refractivity (Wildman–Crippen MR) is 42.8 cm³/mol. The van der Waals surface area contributed by atoms with Crippen LogP contribution in [0.1, 0.15) is 13.3 Å². The lowest BCUT2D eigenvalue weighted by Gasteiger charge is -2.06. The van der Waals surface area contributed by atoms with Crippen LogP contribution in [-0.2, 0) is 23.9 Å². The number of hydrogen-bond donors (Lipinski definition) is 0. The SMILES string of the molecule is CCOC(=O)CC(C=O)C(=O)OC. The Morgan fingerprint density at radius 3 is 2.46 bits per heavy atom. The molecule has 0 saturated heterocycles. The average molecular weight is 188 g/mol. The van der Waals surface area contributed by atoms with Gasteiger partial charge in [-0.05, 0) is 6.92 Å². The van der Waals surface area contributed by atoms with Crippen LogP contribution < -0.4 is 0 Å². The number of carbonyl (C=O) groups is 3. The highest BCUT2D eigenvalue weighted by atomic mass is 16.5. The summed E-state index contributed by atoms with van der Waals surface area (Å²) < 4.78 is 8.87.